The van der Waals surface area contributed by atoms with Gasteiger partial charge in [0.25, 0.3) is 5.91 Å². The van der Waals surface area contributed by atoms with Crippen LogP contribution in [0.3, 0.4) is 0 Å². The van der Waals surface area contributed by atoms with E-state index in [4.69, 9.17) is 10.1 Å². The molecule has 0 bridgehead atoms. The highest BCUT2D eigenvalue weighted by molar-refractivity contribution is 6.13. The predicted molar refractivity (Wildman–Crippen MR) is 124 cm³/mol. The van der Waals surface area contributed by atoms with Crippen LogP contribution in [0.4, 0.5) is 5.69 Å². The van der Waals surface area contributed by atoms with Gasteiger partial charge in [0.05, 0.1) is 22.3 Å². The average molecular weight is 411 g/mol. The molecule has 0 aliphatic heterocycles. The number of benzene rings is 2. The van der Waals surface area contributed by atoms with Crippen molar-refractivity contribution in [1.82, 2.24) is 14.8 Å². The number of carbonyl (C=O) groups is 1. The molecule has 2 aromatic carbocycles. The number of amides is 1. The number of aryl methyl sites for hydroxylation is 4. The first kappa shape index (κ1) is 19.5. The van der Waals surface area contributed by atoms with Crippen molar-refractivity contribution in [3.05, 3.63) is 82.2 Å². The van der Waals surface area contributed by atoms with Crippen molar-refractivity contribution < 1.29 is 4.79 Å². The van der Waals surface area contributed by atoms with Crippen molar-refractivity contribution in [3.63, 3.8) is 0 Å². The van der Waals surface area contributed by atoms with Crippen LogP contribution in [0.2, 0.25) is 0 Å². The van der Waals surface area contributed by atoms with Gasteiger partial charge in [0.2, 0.25) is 0 Å². The van der Waals surface area contributed by atoms with Crippen LogP contribution in [0.15, 0.2) is 48.5 Å². The molecule has 2 aromatic heterocycles. The van der Waals surface area contributed by atoms with Gasteiger partial charge in [-0.2, -0.15) is 5.10 Å². The van der Waals surface area contributed by atoms with E-state index in [0.717, 1.165) is 57.8 Å². The van der Waals surface area contributed by atoms with Gasteiger partial charge in [0.15, 0.2) is 5.65 Å². The van der Waals surface area contributed by atoms with Crippen molar-refractivity contribution in [3.8, 4) is 5.69 Å². The molecular formula is C26H26N4O. The second-order valence-electron chi connectivity index (χ2n) is 8.67. The molecule has 5 heteroatoms. The summed E-state index contributed by atoms with van der Waals surface area (Å²) >= 11 is 0. The second-order valence-corrected chi connectivity index (χ2v) is 8.67. The van der Waals surface area contributed by atoms with Crippen molar-refractivity contribution in [2.45, 2.75) is 46.5 Å². The van der Waals surface area contributed by atoms with Gasteiger partial charge in [0, 0.05) is 17.3 Å². The molecular weight excluding hydrogens is 384 g/mol. The molecule has 0 unspecified atom stereocenters. The molecule has 156 valence electrons. The molecule has 5 rings (SSSR count). The minimum Gasteiger partial charge on any atom is -0.322 e. The Kier molecular flexibility index (Phi) is 4.62. The quantitative estimate of drug-likeness (QED) is 0.464. The Labute approximate surface area is 182 Å². The average Bonchev–Trinajstić information content (AvgIpc) is 3.55. The molecule has 1 aliphatic rings. The standard InChI is InChI=1S/C26H26N4O/c1-15-6-11-20(12-7-15)30-25-24(18(4)29-30)21(14-23(27-25)19-9-10-19)26(31)28-22-13-16(2)5-8-17(22)3/h5-8,11-14,19H,9-10H2,1-4H3,(H,28,31). The number of carbonyl (C=O) groups excluding carboxylic acids is 1. The predicted octanol–water partition coefficient (Wildman–Crippen LogP) is 5.78. The van der Waals surface area contributed by atoms with E-state index in [1.165, 1.54) is 5.56 Å². The summed E-state index contributed by atoms with van der Waals surface area (Å²) in [6.45, 7) is 8.05. The van der Waals surface area contributed by atoms with Crippen LogP contribution in [0.5, 0.6) is 0 Å². The first-order chi connectivity index (χ1) is 14.9. The van der Waals surface area contributed by atoms with Crippen LogP contribution in [0.25, 0.3) is 16.7 Å². The Balaban J connectivity index is 1.66. The fourth-order valence-corrected chi connectivity index (χ4v) is 4.00. The first-order valence-corrected chi connectivity index (χ1v) is 10.8. The number of nitrogens with one attached hydrogen (secondary N) is 1. The van der Waals surface area contributed by atoms with E-state index in [9.17, 15) is 4.79 Å². The Hall–Kier alpha value is -3.47. The zero-order valence-electron chi connectivity index (χ0n) is 18.4. The minimum atomic E-state index is -0.116. The summed E-state index contributed by atoms with van der Waals surface area (Å²) in [5.41, 5.74) is 8.30. The van der Waals surface area contributed by atoms with Crippen LogP contribution >= 0.6 is 0 Å². The van der Waals surface area contributed by atoms with Gasteiger partial charge in [-0.05, 0) is 75.9 Å². The van der Waals surface area contributed by atoms with Crippen molar-refractivity contribution in [2.75, 3.05) is 5.32 Å². The monoisotopic (exact) mass is 410 g/mol. The molecule has 1 amide bonds. The van der Waals surface area contributed by atoms with E-state index in [1.807, 2.05) is 55.8 Å². The summed E-state index contributed by atoms with van der Waals surface area (Å²) in [5, 5.41) is 8.71. The Morgan fingerprint density at radius 2 is 1.68 bits per heavy atom. The number of hydrogen-bond acceptors (Lipinski definition) is 3. The fraction of sp³-hybridized carbons (Fsp3) is 0.269. The molecule has 1 N–H and O–H groups in total. The maximum Gasteiger partial charge on any atom is 0.256 e. The maximum absolute atomic E-state index is 13.5. The van der Waals surface area contributed by atoms with Crippen molar-refractivity contribution in [1.29, 1.82) is 0 Å². The molecule has 0 saturated heterocycles. The van der Waals surface area contributed by atoms with Gasteiger partial charge in [-0.1, -0.05) is 29.8 Å². The molecule has 31 heavy (non-hydrogen) atoms. The third kappa shape index (κ3) is 3.61. The maximum atomic E-state index is 13.5. The molecule has 1 fully saturated rings. The van der Waals surface area contributed by atoms with Gasteiger partial charge >= 0.3 is 0 Å². The Bertz CT molecular complexity index is 1310. The summed E-state index contributed by atoms with van der Waals surface area (Å²) < 4.78 is 1.87. The Morgan fingerprint density at radius 1 is 0.968 bits per heavy atom. The van der Waals surface area contributed by atoms with Crippen molar-refractivity contribution in [2.24, 2.45) is 0 Å². The summed E-state index contributed by atoms with van der Waals surface area (Å²) in [6, 6.07) is 16.3. The lowest BCUT2D eigenvalue weighted by Crippen LogP contribution is -2.14. The van der Waals surface area contributed by atoms with Crippen LogP contribution in [-0.2, 0) is 0 Å². The number of anilines is 1. The minimum absolute atomic E-state index is 0.116. The third-order valence-corrected chi connectivity index (χ3v) is 5.99. The zero-order valence-corrected chi connectivity index (χ0v) is 18.4. The molecule has 1 aliphatic carbocycles. The van der Waals surface area contributed by atoms with E-state index >= 15 is 0 Å². The Morgan fingerprint density at radius 3 is 2.39 bits per heavy atom. The zero-order chi connectivity index (χ0) is 21.7. The largest absolute Gasteiger partial charge is 0.322 e. The molecule has 0 radical (unpaired) electrons. The summed E-state index contributed by atoms with van der Waals surface area (Å²) in [7, 11) is 0. The van der Waals surface area contributed by atoms with Gasteiger partial charge in [-0.25, -0.2) is 9.67 Å². The van der Waals surface area contributed by atoms with Gasteiger partial charge < -0.3 is 5.32 Å². The van der Waals surface area contributed by atoms with Gasteiger partial charge in [0.1, 0.15) is 0 Å². The highest BCUT2D eigenvalue weighted by atomic mass is 16.1. The highest BCUT2D eigenvalue weighted by Crippen LogP contribution is 2.41. The lowest BCUT2D eigenvalue weighted by molar-refractivity contribution is 0.102. The van der Waals surface area contributed by atoms with Gasteiger partial charge in [-0.3, -0.25) is 4.79 Å². The molecule has 4 aromatic rings. The van der Waals surface area contributed by atoms with E-state index in [2.05, 4.69) is 30.4 Å². The van der Waals surface area contributed by atoms with Crippen LogP contribution < -0.4 is 5.32 Å². The third-order valence-electron chi connectivity index (χ3n) is 5.99. The number of hydrogen-bond donors (Lipinski definition) is 1. The molecule has 2 heterocycles. The van der Waals surface area contributed by atoms with Crippen LogP contribution in [-0.4, -0.2) is 20.7 Å². The van der Waals surface area contributed by atoms with Crippen molar-refractivity contribution >= 4 is 22.6 Å². The number of aromatic nitrogens is 3. The number of nitrogens with zero attached hydrogens (tertiary/aromatic N) is 3. The molecule has 5 nitrogen and oxygen atoms in total. The topological polar surface area (TPSA) is 59.8 Å². The van der Waals surface area contributed by atoms with E-state index < -0.39 is 0 Å². The van der Waals surface area contributed by atoms with E-state index in [1.54, 1.807) is 0 Å². The SMILES string of the molecule is Cc1ccc(-n2nc(C)c3c(C(=O)Nc4cc(C)ccc4C)cc(C4CC4)nc32)cc1. The lowest BCUT2D eigenvalue weighted by atomic mass is 10.1. The summed E-state index contributed by atoms with van der Waals surface area (Å²) in [6.07, 6.45) is 2.24. The smallest absolute Gasteiger partial charge is 0.256 e. The first-order valence-electron chi connectivity index (χ1n) is 10.8. The second kappa shape index (κ2) is 7.34. The molecule has 0 atom stereocenters. The van der Waals surface area contributed by atoms with Gasteiger partial charge in [-0.15, -0.1) is 0 Å². The normalized spacial score (nSPS) is 13.5. The highest BCUT2D eigenvalue weighted by Gasteiger charge is 2.29. The molecule has 0 spiro atoms. The number of rotatable bonds is 4. The summed E-state index contributed by atoms with van der Waals surface area (Å²) in [4.78, 5) is 18.4. The van der Waals surface area contributed by atoms with Crippen LogP contribution in [0.1, 0.15) is 57.2 Å². The van der Waals surface area contributed by atoms with E-state index in [0.29, 0.717) is 11.5 Å². The molecule has 1 saturated carbocycles. The van der Waals surface area contributed by atoms with E-state index in [-0.39, 0.29) is 5.91 Å². The lowest BCUT2D eigenvalue weighted by Gasteiger charge is -2.12. The van der Waals surface area contributed by atoms with Crippen LogP contribution in [0, 0.1) is 27.7 Å². The number of fused-ring (bicyclic) bond motifs is 1. The number of pyridine rings is 1. The summed E-state index contributed by atoms with van der Waals surface area (Å²) in [5.74, 6) is 0.313. The fourth-order valence-electron chi connectivity index (χ4n) is 4.00.